The third kappa shape index (κ3) is 5.73. The highest BCUT2D eigenvalue weighted by Gasteiger charge is 2.19. The largest absolute Gasteiger partial charge is 0.418 e. The number of hydrogen-bond donors (Lipinski definition) is 0. The predicted octanol–water partition coefficient (Wildman–Crippen LogP) is 3.54. The second-order valence-corrected chi connectivity index (χ2v) is 7.72. The van der Waals surface area contributed by atoms with E-state index in [0.29, 0.717) is 37.0 Å². The molecule has 1 amide bonds. The predicted molar refractivity (Wildman–Crippen MR) is 111 cm³/mol. The van der Waals surface area contributed by atoms with Crippen LogP contribution in [0.3, 0.4) is 0 Å². The van der Waals surface area contributed by atoms with Crippen molar-refractivity contribution in [2.45, 2.75) is 26.4 Å². The third-order valence-corrected chi connectivity index (χ3v) is 5.17. The van der Waals surface area contributed by atoms with Crippen LogP contribution in [0.5, 0.6) is 0 Å². The fourth-order valence-electron chi connectivity index (χ4n) is 2.93. The van der Waals surface area contributed by atoms with Crippen LogP contribution < -0.4 is 0 Å². The first-order valence-electron chi connectivity index (χ1n) is 9.40. The quantitative estimate of drug-likeness (QED) is 0.537. The van der Waals surface area contributed by atoms with Crippen LogP contribution in [-0.4, -0.2) is 46.0 Å². The van der Waals surface area contributed by atoms with Crippen molar-refractivity contribution in [3.63, 3.8) is 0 Å². The van der Waals surface area contributed by atoms with E-state index in [1.54, 1.807) is 17.0 Å². The van der Waals surface area contributed by atoms with Gasteiger partial charge < -0.3 is 9.32 Å². The number of nitriles is 1. The molecule has 2 aromatic heterocycles. The van der Waals surface area contributed by atoms with E-state index in [4.69, 9.17) is 9.68 Å². The number of thiophene rings is 1. The maximum absolute atomic E-state index is 12.8. The van der Waals surface area contributed by atoms with E-state index in [1.807, 2.05) is 48.5 Å². The first kappa shape index (κ1) is 20.7. The molecule has 0 unspecified atom stereocenters. The minimum absolute atomic E-state index is 0.0128. The van der Waals surface area contributed by atoms with E-state index in [1.165, 1.54) is 11.3 Å². The van der Waals surface area contributed by atoms with Crippen molar-refractivity contribution in [2.75, 3.05) is 20.1 Å². The molecule has 0 saturated heterocycles. The second-order valence-electron chi connectivity index (χ2n) is 6.77. The maximum Gasteiger partial charge on any atom is 0.257 e. The molecule has 0 aliphatic carbocycles. The SMILES string of the molecule is CCCN(Cc1nnc(-c2cccs2)o1)C(=O)CN(C)Cc1ccc(C#N)cc1. The molecular formula is C21H23N5O2S. The first-order chi connectivity index (χ1) is 14.1. The number of amides is 1. The fraction of sp³-hybridized carbons (Fsp3) is 0.333. The van der Waals surface area contributed by atoms with Crippen LogP contribution in [0.4, 0.5) is 0 Å². The summed E-state index contributed by atoms with van der Waals surface area (Å²) in [5.41, 5.74) is 1.68. The zero-order valence-corrected chi connectivity index (χ0v) is 17.4. The lowest BCUT2D eigenvalue weighted by Crippen LogP contribution is -2.39. The molecule has 0 radical (unpaired) electrons. The Bertz CT molecular complexity index is 960. The van der Waals surface area contributed by atoms with Gasteiger partial charge in [0.1, 0.15) is 0 Å². The molecule has 150 valence electrons. The lowest BCUT2D eigenvalue weighted by Gasteiger charge is -2.24. The van der Waals surface area contributed by atoms with E-state index in [9.17, 15) is 4.79 Å². The smallest absolute Gasteiger partial charge is 0.257 e. The van der Waals surface area contributed by atoms with Gasteiger partial charge in [0, 0.05) is 13.1 Å². The Morgan fingerprint density at radius 3 is 2.66 bits per heavy atom. The minimum atomic E-state index is 0.0128. The summed E-state index contributed by atoms with van der Waals surface area (Å²) in [7, 11) is 1.90. The van der Waals surface area contributed by atoms with Crippen LogP contribution in [0.2, 0.25) is 0 Å². The van der Waals surface area contributed by atoms with Crippen molar-refractivity contribution in [1.29, 1.82) is 5.26 Å². The highest BCUT2D eigenvalue weighted by atomic mass is 32.1. The molecule has 29 heavy (non-hydrogen) atoms. The molecule has 0 bridgehead atoms. The average molecular weight is 410 g/mol. The number of benzene rings is 1. The molecule has 7 nitrogen and oxygen atoms in total. The highest BCUT2D eigenvalue weighted by molar-refractivity contribution is 7.13. The fourth-order valence-corrected chi connectivity index (χ4v) is 3.57. The number of likely N-dealkylation sites (N-methyl/N-ethyl adjacent to an activating group) is 1. The van der Waals surface area contributed by atoms with Gasteiger partial charge in [-0.25, -0.2) is 0 Å². The van der Waals surface area contributed by atoms with Gasteiger partial charge in [-0.15, -0.1) is 21.5 Å². The van der Waals surface area contributed by atoms with Crippen LogP contribution in [-0.2, 0) is 17.9 Å². The van der Waals surface area contributed by atoms with Crippen LogP contribution >= 0.6 is 11.3 Å². The highest BCUT2D eigenvalue weighted by Crippen LogP contribution is 2.23. The zero-order chi connectivity index (χ0) is 20.6. The summed E-state index contributed by atoms with van der Waals surface area (Å²) in [5.74, 6) is 0.931. The van der Waals surface area contributed by atoms with Crippen molar-refractivity contribution in [3.05, 3.63) is 58.8 Å². The molecule has 0 N–H and O–H groups in total. The van der Waals surface area contributed by atoms with Gasteiger partial charge in [-0.2, -0.15) is 5.26 Å². The van der Waals surface area contributed by atoms with E-state index in [0.717, 1.165) is 16.9 Å². The molecule has 0 aliphatic heterocycles. The van der Waals surface area contributed by atoms with Gasteiger partial charge in [-0.05, 0) is 42.6 Å². The molecule has 1 aromatic carbocycles. The van der Waals surface area contributed by atoms with Gasteiger partial charge in [-0.1, -0.05) is 25.1 Å². The summed E-state index contributed by atoms with van der Waals surface area (Å²) >= 11 is 1.54. The van der Waals surface area contributed by atoms with E-state index in [2.05, 4.69) is 16.3 Å². The molecule has 3 rings (SSSR count). The van der Waals surface area contributed by atoms with Crippen LogP contribution in [0.1, 0.15) is 30.4 Å². The van der Waals surface area contributed by atoms with E-state index in [-0.39, 0.29) is 12.5 Å². The van der Waals surface area contributed by atoms with Crippen LogP contribution in [0, 0.1) is 11.3 Å². The monoisotopic (exact) mass is 409 g/mol. The third-order valence-electron chi connectivity index (χ3n) is 4.31. The second kappa shape index (κ2) is 9.96. The normalized spacial score (nSPS) is 10.8. The van der Waals surface area contributed by atoms with Crippen molar-refractivity contribution in [3.8, 4) is 16.8 Å². The zero-order valence-electron chi connectivity index (χ0n) is 16.5. The molecule has 0 fully saturated rings. The van der Waals surface area contributed by atoms with Gasteiger partial charge in [0.2, 0.25) is 11.8 Å². The molecule has 0 aliphatic rings. The topological polar surface area (TPSA) is 86.3 Å². The minimum Gasteiger partial charge on any atom is -0.418 e. The van der Waals surface area contributed by atoms with E-state index >= 15 is 0 Å². The Labute approximate surface area is 174 Å². The van der Waals surface area contributed by atoms with Gasteiger partial charge in [0.25, 0.3) is 5.89 Å². The first-order valence-corrected chi connectivity index (χ1v) is 10.3. The van der Waals surface area contributed by atoms with Gasteiger partial charge in [0.05, 0.1) is 29.6 Å². The Balaban J connectivity index is 1.59. The summed E-state index contributed by atoms with van der Waals surface area (Å²) in [6, 6.07) is 13.4. The van der Waals surface area contributed by atoms with Gasteiger partial charge >= 0.3 is 0 Å². The molecule has 0 spiro atoms. The molecular weight excluding hydrogens is 386 g/mol. The van der Waals surface area contributed by atoms with Crippen molar-refractivity contribution in [1.82, 2.24) is 20.0 Å². The Kier molecular flexibility index (Phi) is 7.11. The average Bonchev–Trinajstić information content (AvgIpc) is 3.40. The standard InChI is InChI=1S/C21H23N5O2S/c1-3-10-26(14-19-23-24-21(28-19)18-5-4-11-29-18)20(27)15-25(2)13-17-8-6-16(12-22)7-9-17/h4-9,11H,3,10,13-15H2,1-2H3. The lowest BCUT2D eigenvalue weighted by molar-refractivity contribution is -0.133. The number of carbonyl (C=O) groups is 1. The van der Waals surface area contributed by atoms with Gasteiger partial charge in [0.15, 0.2) is 0 Å². The van der Waals surface area contributed by atoms with Crippen molar-refractivity contribution >= 4 is 17.2 Å². The van der Waals surface area contributed by atoms with Gasteiger partial charge in [-0.3, -0.25) is 9.69 Å². The van der Waals surface area contributed by atoms with Crippen LogP contribution in [0.15, 0.2) is 46.2 Å². The Morgan fingerprint density at radius 1 is 1.21 bits per heavy atom. The summed E-state index contributed by atoms with van der Waals surface area (Å²) in [6.07, 6.45) is 0.844. The summed E-state index contributed by atoms with van der Waals surface area (Å²) in [5, 5.41) is 19.0. The molecule has 0 atom stereocenters. The molecule has 0 saturated carbocycles. The van der Waals surface area contributed by atoms with Crippen LogP contribution in [0.25, 0.3) is 10.8 Å². The summed E-state index contributed by atoms with van der Waals surface area (Å²) in [6.45, 7) is 3.87. The molecule has 8 heteroatoms. The molecule has 3 aromatic rings. The summed E-state index contributed by atoms with van der Waals surface area (Å²) < 4.78 is 5.73. The van der Waals surface area contributed by atoms with Crippen molar-refractivity contribution in [2.24, 2.45) is 0 Å². The maximum atomic E-state index is 12.8. The number of carbonyl (C=O) groups excluding carboxylic acids is 1. The number of nitrogens with zero attached hydrogens (tertiary/aromatic N) is 5. The number of hydrogen-bond acceptors (Lipinski definition) is 7. The number of rotatable bonds is 9. The number of aromatic nitrogens is 2. The molecule has 2 heterocycles. The van der Waals surface area contributed by atoms with Crippen molar-refractivity contribution < 1.29 is 9.21 Å². The summed E-state index contributed by atoms with van der Waals surface area (Å²) in [4.78, 5) is 17.5. The Hall–Kier alpha value is -3.02. The van der Waals surface area contributed by atoms with E-state index < -0.39 is 0 Å². The lowest BCUT2D eigenvalue weighted by atomic mass is 10.1. The Morgan fingerprint density at radius 2 is 2.00 bits per heavy atom.